The monoisotopic (exact) mass is 201 g/mol. The zero-order valence-electron chi connectivity index (χ0n) is 8.90. The van der Waals surface area contributed by atoms with Crippen LogP contribution in [0.25, 0.3) is 0 Å². The van der Waals surface area contributed by atoms with Crippen LogP contribution < -0.4 is 0 Å². The van der Waals surface area contributed by atoms with Gasteiger partial charge in [-0.05, 0) is 26.3 Å². The quantitative estimate of drug-likeness (QED) is 0.671. The third kappa shape index (κ3) is 3.27. The number of rotatable bonds is 3. The number of nitrogens with zero attached hydrogens (tertiary/aromatic N) is 1. The largest absolute Gasteiger partial charge is 0.469 e. The highest BCUT2D eigenvalue weighted by Gasteiger charge is 2.23. The van der Waals surface area contributed by atoms with Crippen molar-refractivity contribution in [3.05, 3.63) is 0 Å². The van der Waals surface area contributed by atoms with Crippen molar-refractivity contribution in [3.8, 4) is 0 Å². The van der Waals surface area contributed by atoms with E-state index in [0.717, 1.165) is 19.4 Å². The summed E-state index contributed by atoms with van der Waals surface area (Å²) in [7, 11) is 1.40. The first-order valence-corrected chi connectivity index (χ1v) is 5.12. The van der Waals surface area contributed by atoms with Gasteiger partial charge in [0.2, 0.25) is 0 Å². The number of aliphatic hydroxyl groups is 1. The second kappa shape index (κ2) is 5.32. The first kappa shape index (κ1) is 11.5. The van der Waals surface area contributed by atoms with Crippen molar-refractivity contribution in [3.63, 3.8) is 0 Å². The molecule has 1 aliphatic rings. The zero-order valence-corrected chi connectivity index (χ0v) is 8.90. The van der Waals surface area contributed by atoms with Gasteiger partial charge in [-0.1, -0.05) is 0 Å². The molecule has 0 spiro atoms. The van der Waals surface area contributed by atoms with Gasteiger partial charge < -0.3 is 9.84 Å². The van der Waals surface area contributed by atoms with Crippen molar-refractivity contribution in [2.24, 2.45) is 0 Å². The summed E-state index contributed by atoms with van der Waals surface area (Å²) in [5.41, 5.74) is 0. The Hall–Kier alpha value is -0.610. The predicted molar refractivity (Wildman–Crippen MR) is 52.9 cm³/mol. The van der Waals surface area contributed by atoms with Gasteiger partial charge in [-0.25, -0.2) is 0 Å². The van der Waals surface area contributed by atoms with Gasteiger partial charge in [0.05, 0.1) is 19.6 Å². The summed E-state index contributed by atoms with van der Waals surface area (Å²) in [6, 6.07) is 0.164. The Morgan fingerprint density at radius 1 is 1.71 bits per heavy atom. The van der Waals surface area contributed by atoms with Gasteiger partial charge >= 0.3 is 5.97 Å². The van der Waals surface area contributed by atoms with Gasteiger partial charge in [0.25, 0.3) is 0 Å². The van der Waals surface area contributed by atoms with Crippen molar-refractivity contribution < 1.29 is 14.6 Å². The maximum absolute atomic E-state index is 11.0. The van der Waals surface area contributed by atoms with Crippen molar-refractivity contribution >= 4 is 5.97 Å². The number of hydrogen-bond donors (Lipinski definition) is 1. The van der Waals surface area contributed by atoms with E-state index < -0.39 is 0 Å². The molecule has 1 saturated heterocycles. The van der Waals surface area contributed by atoms with E-state index in [1.165, 1.54) is 7.11 Å². The molecule has 1 fully saturated rings. The third-order valence-corrected chi connectivity index (χ3v) is 2.74. The minimum Gasteiger partial charge on any atom is -0.469 e. The molecular weight excluding hydrogens is 182 g/mol. The number of β-amino-alcohol motifs (C(OH)–C–C–N with tert-alkyl or cyclic N) is 1. The minimum atomic E-state index is -0.233. The maximum atomic E-state index is 11.0. The van der Waals surface area contributed by atoms with Crippen molar-refractivity contribution in [2.75, 3.05) is 20.2 Å². The van der Waals surface area contributed by atoms with Gasteiger partial charge in [0, 0.05) is 12.6 Å². The lowest BCUT2D eigenvalue weighted by molar-refractivity contribution is -0.142. The predicted octanol–water partition coefficient (Wildman–Crippen LogP) is 0.395. The second-order valence-electron chi connectivity index (χ2n) is 3.92. The Balaban J connectivity index is 2.35. The third-order valence-electron chi connectivity index (χ3n) is 2.74. The Kier molecular flexibility index (Phi) is 4.35. The van der Waals surface area contributed by atoms with Gasteiger partial charge in [0.1, 0.15) is 0 Å². The Labute approximate surface area is 84.8 Å². The molecule has 2 unspecified atom stereocenters. The molecule has 2 atom stereocenters. The molecule has 0 aromatic rings. The van der Waals surface area contributed by atoms with Crippen LogP contribution in [0.1, 0.15) is 26.2 Å². The smallest absolute Gasteiger partial charge is 0.307 e. The average Bonchev–Trinajstić information content (AvgIpc) is 2.17. The molecule has 14 heavy (non-hydrogen) atoms. The molecule has 0 saturated carbocycles. The van der Waals surface area contributed by atoms with E-state index in [1.807, 2.05) is 6.92 Å². The molecule has 0 bridgehead atoms. The van der Waals surface area contributed by atoms with Gasteiger partial charge in [-0.2, -0.15) is 0 Å². The van der Waals surface area contributed by atoms with Crippen LogP contribution in [-0.2, 0) is 9.53 Å². The molecule has 82 valence electrons. The standard InChI is InChI=1S/C10H19NO3/c1-8(6-10(13)14-2)11-5-3-4-9(12)7-11/h8-9,12H,3-7H2,1-2H3. The number of carbonyl (C=O) groups excluding carboxylic acids is 1. The lowest BCUT2D eigenvalue weighted by Crippen LogP contribution is -2.44. The van der Waals surface area contributed by atoms with Crippen LogP contribution in [0.4, 0.5) is 0 Å². The molecule has 0 amide bonds. The van der Waals surface area contributed by atoms with Crippen LogP contribution in [0, 0.1) is 0 Å². The number of esters is 1. The molecule has 1 rings (SSSR count). The van der Waals surface area contributed by atoms with E-state index in [2.05, 4.69) is 9.64 Å². The normalized spacial score (nSPS) is 25.8. The maximum Gasteiger partial charge on any atom is 0.307 e. The SMILES string of the molecule is COC(=O)CC(C)N1CCCC(O)C1. The fourth-order valence-corrected chi connectivity index (χ4v) is 1.84. The highest BCUT2D eigenvalue weighted by molar-refractivity contribution is 5.69. The lowest BCUT2D eigenvalue weighted by Gasteiger charge is -2.34. The van der Waals surface area contributed by atoms with Gasteiger partial charge in [-0.15, -0.1) is 0 Å². The number of carbonyl (C=O) groups is 1. The molecule has 0 aliphatic carbocycles. The molecule has 0 aromatic heterocycles. The van der Waals surface area contributed by atoms with Crippen LogP contribution in [0.5, 0.6) is 0 Å². The summed E-state index contributed by atoms with van der Waals surface area (Å²) in [5, 5.41) is 9.46. The highest BCUT2D eigenvalue weighted by Crippen LogP contribution is 2.14. The first-order valence-electron chi connectivity index (χ1n) is 5.12. The van der Waals surface area contributed by atoms with E-state index in [9.17, 15) is 9.90 Å². The van der Waals surface area contributed by atoms with Crippen molar-refractivity contribution in [2.45, 2.75) is 38.3 Å². The molecule has 1 aliphatic heterocycles. The van der Waals surface area contributed by atoms with Crippen LogP contribution in [-0.4, -0.2) is 48.3 Å². The number of methoxy groups -OCH3 is 1. The summed E-state index contributed by atoms with van der Waals surface area (Å²) in [6.45, 7) is 3.64. The van der Waals surface area contributed by atoms with Crippen LogP contribution in [0.2, 0.25) is 0 Å². The summed E-state index contributed by atoms with van der Waals surface area (Å²) in [6.07, 6.45) is 2.06. The minimum absolute atomic E-state index is 0.164. The number of likely N-dealkylation sites (tertiary alicyclic amines) is 1. The fourth-order valence-electron chi connectivity index (χ4n) is 1.84. The van der Waals surface area contributed by atoms with Crippen LogP contribution in [0.3, 0.4) is 0 Å². The van der Waals surface area contributed by atoms with E-state index in [1.54, 1.807) is 0 Å². The first-order chi connectivity index (χ1) is 6.63. The number of piperidine rings is 1. The zero-order chi connectivity index (χ0) is 10.6. The molecule has 4 heteroatoms. The summed E-state index contributed by atoms with van der Waals surface area (Å²) in [4.78, 5) is 13.2. The summed E-state index contributed by atoms with van der Waals surface area (Å²) in [5.74, 6) is -0.183. The summed E-state index contributed by atoms with van der Waals surface area (Å²) >= 11 is 0. The Morgan fingerprint density at radius 3 is 3.00 bits per heavy atom. The fraction of sp³-hybridized carbons (Fsp3) is 0.900. The molecule has 1 N–H and O–H groups in total. The summed E-state index contributed by atoms with van der Waals surface area (Å²) < 4.78 is 4.61. The van der Waals surface area contributed by atoms with E-state index in [-0.39, 0.29) is 18.1 Å². The highest BCUT2D eigenvalue weighted by atomic mass is 16.5. The molecular formula is C10H19NO3. The topological polar surface area (TPSA) is 49.8 Å². The molecule has 0 radical (unpaired) electrons. The Bertz CT molecular complexity index is 196. The van der Waals surface area contributed by atoms with E-state index in [4.69, 9.17) is 0 Å². The van der Waals surface area contributed by atoms with Crippen molar-refractivity contribution in [1.29, 1.82) is 0 Å². The Morgan fingerprint density at radius 2 is 2.43 bits per heavy atom. The van der Waals surface area contributed by atoms with Crippen LogP contribution >= 0.6 is 0 Å². The van der Waals surface area contributed by atoms with Crippen molar-refractivity contribution in [1.82, 2.24) is 4.90 Å². The van der Waals surface area contributed by atoms with Gasteiger partial charge in [-0.3, -0.25) is 9.69 Å². The molecule has 0 aromatic carbocycles. The average molecular weight is 201 g/mol. The van der Waals surface area contributed by atoms with E-state index in [0.29, 0.717) is 13.0 Å². The molecule has 4 nitrogen and oxygen atoms in total. The number of ether oxygens (including phenoxy) is 1. The molecule has 1 heterocycles. The number of aliphatic hydroxyl groups excluding tert-OH is 1. The number of hydrogen-bond acceptors (Lipinski definition) is 4. The second-order valence-corrected chi connectivity index (χ2v) is 3.92. The van der Waals surface area contributed by atoms with E-state index >= 15 is 0 Å². The van der Waals surface area contributed by atoms with Gasteiger partial charge in [0.15, 0.2) is 0 Å². The van der Waals surface area contributed by atoms with Crippen LogP contribution in [0.15, 0.2) is 0 Å². The lowest BCUT2D eigenvalue weighted by atomic mass is 10.1.